The largest absolute Gasteiger partial charge is 0.417 e. The first-order valence-corrected chi connectivity index (χ1v) is 9.22. The molecule has 158 valence electrons. The topological polar surface area (TPSA) is 99.2 Å². The van der Waals surface area contributed by atoms with Gasteiger partial charge >= 0.3 is 6.18 Å². The molecule has 0 saturated heterocycles. The zero-order chi connectivity index (χ0) is 21.4. The van der Waals surface area contributed by atoms with E-state index in [1.165, 1.54) is 18.6 Å². The number of hydrogen-bond acceptors (Lipinski definition) is 6. The van der Waals surface area contributed by atoms with Gasteiger partial charge in [0.15, 0.2) is 18.2 Å². The van der Waals surface area contributed by atoms with E-state index in [2.05, 4.69) is 46.4 Å². The van der Waals surface area contributed by atoms with Crippen LogP contribution in [-0.4, -0.2) is 28.7 Å². The first-order chi connectivity index (χ1) is 13.5. The van der Waals surface area contributed by atoms with E-state index >= 15 is 0 Å². The van der Waals surface area contributed by atoms with Crippen LogP contribution in [0.4, 0.5) is 30.6 Å². The molecule has 2 unspecified atom stereocenters. The van der Waals surface area contributed by atoms with E-state index in [1.54, 1.807) is 7.11 Å². The van der Waals surface area contributed by atoms with E-state index in [4.69, 9.17) is 10.5 Å². The molecule has 0 radical (unpaired) electrons. The Morgan fingerprint density at radius 1 is 1.34 bits per heavy atom. The van der Waals surface area contributed by atoms with Crippen molar-refractivity contribution in [2.75, 3.05) is 23.5 Å². The standard InChI is InChI=1S/C19H25F3N6O/c1-17(2)14(7-18(17,3)29-4)27-15-13(23)10-26-16(28-15)25-9-11-8-24-6-5-12(11)19(20,21)22/h5-6,8,10,14H,7,9,23H2,1-4H3,(H2,25,26,27,28)/p+1. The van der Waals surface area contributed by atoms with Crippen LogP contribution in [0, 0.1) is 5.41 Å². The third-order valence-corrected chi connectivity index (χ3v) is 6.10. The molecule has 0 amide bonds. The smallest absolute Gasteiger partial charge is 0.394 e. The highest BCUT2D eigenvalue weighted by molar-refractivity contribution is 5.62. The number of nitrogen functional groups attached to an aromatic ring is 1. The first-order valence-electron chi connectivity index (χ1n) is 9.22. The maximum absolute atomic E-state index is 13.1. The van der Waals surface area contributed by atoms with Gasteiger partial charge in [0, 0.05) is 36.7 Å². The van der Waals surface area contributed by atoms with Gasteiger partial charge in [-0.25, -0.2) is 9.97 Å². The number of anilines is 3. The molecule has 0 bridgehead atoms. The Labute approximate surface area is 167 Å². The van der Waals surface area contributed by atoms with E-state index in [0.29, 0.717) is 11.5 Å². The molecule has 7 nitrogen and oxygen atoms in total. The van der Waals surface area contributed by atoms with Crippen LogP contribution < -0.4 is 21.4 Å². The van der Waals surface area contributed by atoms with Crippen molar-refractivity contribution in [1.82, 2.24) is 9.97 Å². The van der Waals surface area contributed by atoms with Crippen molar-refractivity contribution in [1.29, 1.82) is 0 Å². The highest BCUT2D eigenvalue weighted by atomic mass is 19.4. The zero-order valence-electron chi connectivity index (χ0n) is 16.8. The molecule has 2 aromatic heterocycles. The predicted molar refractivity (Wildman–Crippen MR) is 103 cm³/mol. The number of nitrogens with zero attached hydrogens (tertiary/aromatic N) is 2. The number of H-pyrrole nitrogens is 1. The fourth-order valence-corrected chi connectivity index (χ4v) is 3.54. The van der Waals surface area contributed by atoms with Gasteiger partial charge in [-0.1, -0.05) is 13.8 Å². The normalized spacial score (nSPS) is 23.3. The molecule has 3 rings (SSSR count). The lowest BCUT2D eigenvalue weighted by Gasteiger charge is -2.59. The van der Waals surface area contributed by atoms with Crippen molar-refractivity contribution in [3.05, 3.63) is 35.8 Å². The first kappa shape index (κ1) is 21.1. The van der Waals surface area contributed by atoms with E-state index in [9.17, 15) is 13.2 Å². The number of methoxy groups -OCH3 is 1. The second-order valence-electron chi connectivity index (χ2n) is 7.99. The molecule has 10 heteroatoms. The van der Waals surface area contributed by atoms with E-state index in [0.717, 1.165) is 12.5 Å². The summed E-state index contributed by atoms with van der Waals surface area (Å²) in [5, 5.41) is 6.15. The summed E-state index contributed by atoms with van der Waals surface area (Å²) in [5.41, 5.74) is 5.28. The zero-order valence-corrected chi connectivity index (χ0v) is 16.8. The molecule has 29 heavy (non-hydrogen) atoms. The van der Waals surface area contributed by atoms with Gasteiger partial charge in [0.1, 0.15) is 0 Å². The highest BCUT2D eigenvalue weighted by Crippen LogP contribution is 2.52. The van der Waals surface area contributed by atoms with Crippen LogP contribution in [0.3, 0.4) is 0 Å². The molecule has 1 aliphatic carbocycles. The number of rotatable bonds is 6. The summed E-state index contributed by atoms with van der Waals surface area (Å²) < 4.78 is 45.0. The molecule has 2 aromatic rings. The molecule has 1 aliphatic rings. The third kappa shape index (κ3) is 3.93. The lowest BCUT2D eigenvalue weighted by atomic mass is 9.56. The summed E-state index contributed by atoms with van der Waals surface area (Å²) in [5.74, 6) is 0.625. The van der Waals surface area contributed by atoms with Gasteiger partial charge in [0.25, 0.3) is 0 Å². The summed E-state index contributed by atoms with van der Waals surface area (Å²) in [6, 6.07) is 1.08. The summed E-state index contributed by atoms with van der Waals surface area (Å²) in [4.78, 5) is 11.1. The minimum Gasteiger partial charge on any atom is -0.394 e. The molecular formula is C19H26F3N6O+. The van der Waals surface area contributed by atoms with Crippen molar-refractivity contribution in [3.63, 3.8) is 0 Å². The predicted octanol–water partition coefficient (Wildman–Crippen LogP) is 3.12. The average molecular weight is 411 g/mol. The van der Waals surface area contributed by atoms with Gasteiger partial charge in [-0.15, -0.1) is 0 Å². The molecule has 5 N–H and O–H groups in total. The summed E-state index contributed by atoms with van der Waals surface area (Å²) in [7, 11) is 1.69. The van der Waals surface area contributed by atoms with Crippen LogP contribution in [-0.2, 0) is 17.5 Å². The Kier molecular flexibility index (Phi) is 5.33. The summed E-state index contributed by atoms with van der Waals surface area (Å²) in [6.07, 6.45) is 0.305. The van der Waals surface area contributed by atoms with Gasteiger partial charge < -0.3 is 21.1 Å². The van der Waals surface area contributed by atoms with E-state index in [1.807, 2.05) is 0 Å². The summed E-state index contributed by atoms with van der Waals surface area (Å²) in [6.45, 7) is 6.15. The number of aromatic amines is 1. The molecule has 1 saturated carbocycles. The van der Waals surface area contributed by atoms with Gasteiger partial charge in [0.05, 0.1) is 23.0 Å². The molecule has 0 aromatic carbocycles. The van der Waals surface area contributed by atoms with E-state index in [-0.39, 0.29) is 35.1 Å². The SMILES string of the molecule is COC1(C)CC(Nc2nc(NCc3c[nH+]ccc3C(F)(F)F)ncc2N)C1(C)C. The van der Waals surface area contributed by atoms with Gasteiger partial charge in [-0.2, -0.15) is 18.2 Å². The molecule has 2 heterocycles. The van der Waals surface area contributed by atoms with Crippen LogP contribution in [0.2, 0.25) is 0 Å². The minimum absolute atomic E-state index is 0.0610. The maximum Gasteiger partial charge on any atom is 0.417 e. The lowest BCUT2D eigenvalue weighted by Crippen LogP contribution is -2.65. The van der Waals surface area contributed by atoms with Crippen molar-refractivity contribution in [2.45, 2.75) is 51.6 Å². The van der Waals surface area contributed by atoms with Crippen LogP contribution in [0.1, 0.15) is 38.3 Å². The van der Waals surface area contributed by atoms with Crippen molar-refractivity contribution in [3.8, 4) is 0 Å². The van der Waals surface area contributed by atoms with Gasteiger partial charge in [-0.3, -0.25) is 0 Å². The Morgan fingerprint density at radius 3 is 2.69 bits per heavy atom. The average Bonchev–Trinajstić information content (AvgIpc) is 2.67. The van der Waals surface area contributed by atoms with Crippen molar-refractivity contribution >= 4 is 17.5 Å². The third-order valence-electron chi connectivity index (χ3n) is 6.10. The molecule has 0 spiro atoms. The van der Waals surface area contributed by atoms with Crippen molar-refractivity contribution in [2.24, 2.45) is 5.41 Å². The number of nitrogens with one attached hydrogen (secondary N) is 3. The van der Waals surface area contributed by atoms with Crippen LogP contribution >= 0.6 is 0 Å². The van der Waals surface area contributed by atoms with Crippen LogP contribution in [0.25, 0.3) is 0 Å². The van der Waals surface area contributed by atoms with Crippen LogP contribution in [0.5, 0.6) is 0 Å². The Morgan fingerprint density at radius 2 is 2.07 bits per heavy atom. The summed E-state index contributed by atoms with van der Waals surface area (Å²) >= 11 is 0. The number of alkyl halides is 3. The number of ether oxygens (including phenoxy) is 1. The number of pyridine rings is 1. The monoisotopic (exact) mass is 411 g/mol. The number of aromatic nitrogens is 3. The Hall–Kier alpha value is -2.62. The van der Waals surface area contributed by atoms with E-state index < -0.39 is 11.7 Å². The quantitative estimate of drug-likeness (QED) is 0.676. The fourth-order valence-electron chi connectivity index (χ4n) is 3.54. The number of nitrogens with two attached hydrogens (primary N) is 1. The molecule has 1 fully saturated rings. The number of hydrogen-bond donors (Lipinski definition) is 3. The number of halogens is 3. The second kappa shape index (κ2) is 7.33. The van der Waals surface area contributed by atoms with Gasteiger partial charge in [0.2, 0.25) is 5.95 Å². The van der Waals surface area contributed by atoms with Gasteiger partial charge in [-0.05, 0) is 13.3 Å². The second-order valence-corrected chi connectivity index (χ2v) is 7.99. The lowest BCUT2D eigenvalue weighted by molar-refractivity contribution is -0.379. The molecule has 2 atom stereocenters. The Bertz CT molecular complexity index is 888. The fraction of sp³-hybridized carbons (Fsp3) is 0.526. The van der Waals surface area contributed by atoms with Crippen molar-refractivity contribution < 1.29 is 22.9 Å². The Balaban J connectivity index is 1.73. The highest BCUT2D eigenvalue weighted by Gasteiger charge is 2.58. The molecular weight excluding hydrogens is 385 g/mol. The van der Waals surface area contributed by atoms with Crippen LogP contribution in [0.15, 0.2) is 24.7 Å². The maximum atomic E-state index is 13.1. The minimum atomic E-state index is -4.44. The molecule has 0 aliphatic heterocycles.